The maximum Gasteiger partial charge on any atom is 0.164 e. The van der Waals surface area contributed by atoms with E-state index in [-0.39, 0.29) is 5.78 Å². The van der Waals surface area contributed by atoms with Gasteiger partial charge in [0, 0.05) is 42.2 Å². The van der Waals surface area contributed by atoms with Gasteiger partial charge < -0.3 is 4.57 Å². The molecule has 2 rings (SSSR count). The number of hydrogen-bond acceptors (Lipinski definition) is 3. The fourth-order valence-electron chi connectivity index (χ4n) is 1.91. The van der Waals surface area contributed by atoms with E-state index in [4.69, 9.17) is 0 Å². The molecule has 18 heavy (non-hydrogen) atoms. The van der Waals surface area contributed by atoms with E-state index in [1.165, 1.54) is 4.88 Å². The van der Waals surface area contributed by atoms with Crippen LogP contribution in [0.25, 0.3) is 0 Å². The van der Waals surface area contributed by atoms with Crippen molar-refractivity contribution in [2.75, 3.05) is 0 Å². The van der Waals surface area contributed by atoms with Gasteiger partial charge in [0.1, 0.15) is 0 Å². The molecular formula is C14H18N2OS. The smallest absolute Gasteiger partial charge is 0.164 e. The van der Waals surface area contributed by atoms with Crippen molar-refractivity contribution in [3.8, 4) is 0 Å². The van der Waals surface area contributed by atoms with Crippen LogP contribution in [0.3, 0.4) is 0 Å². The van der Waals surface area contributed by atoms with Crippen molar-refractivity contribution in [1.29, 1.82) is 0 Å². The van der Waals surface area contributed by atoms with E-state index in [2.05, 4.69) is 9.55 Å². The molecular weight excluding hydrogens is 244 g/mol. The van der Waals surface area contributed by atoms with Crippen LogP contribution in [-0.4, -0.2) is 15.3 Å². The van der Waals surface area contributed by atoms with Crippen molar-refractivity contribution in [1.82, 2.24) is 9.55 Å². The van der Waals surface area contributed by atoms with E-state index < -0.39 is 0 Å². The Morgan fingerprint density at radius 1 is 1.50 bits per heavy atom. The van der Waals surface area contributed by atoms with Gasteiger partial charge in [-0.05, 0) is 19.4 Å². The molecule has 0 spiro atoms. The molecule has 0 aliphatic heterocycles. The summed E-state index contributed by atoms with van der Waals surface area (Å²) in [5.74, 6) is 0.241. The molecule has 2 heterocycles. The maximum absolute atomic E-state index is 11.7. The number of carbonyl (C=O) groups excluding carboxylic acids is 1. The maximum atomic E-state index is 11.7. The first-order valence-electron chi connectivity index (χ1n) is 6.28. The summed E-state index contributed by atoms with van der Waals surface area (Å²) < 4.78 is 2.09. The molecule has 96 valence electrons. The van der Waals surface area contributed by atoms with Crippen LogP contribution in [0, 0.1) is 6.92 Å². The van der Waals surface area contributed by atoms with Crippen molar-refractivity contribution in [2.24, 2.45) is 0 Å². The van der Waals surface area contributed by atoms with Crippen molar-refractivity contribution >= 4 is 17.1 Å². The number of ketones is 1. The average Bonchev–Trinajstić information content (AvgIpc) is 2.96. The number of carbonyl (C=O) groups is 1. The average molecular weight is 262 g/mol. The van der Waals surface area contributed by atoms with Crippen molar-refractivity contribution in [3.63, 3.8) is 0 Å². The zero-order valence-corrected chi connectivity index (χ0v) is 11.7. The highest BCUT2D eigenvalue weighted by Crippen LogP contribution is 2.14. The lowest BCUT2D eigenvalue weighted by molar-refractivity contribution is 0.0981. The topological polar surface area (TPSA) is 34.9 Å². The first-order valence-corrected chi connectivity index (χ1v) is 7.16. The highest BCUT2D eigenvalue weighted by Gasteiger charge is 2.07. The molecule has 2 aromatic rings. The lowest BCUT2D eigenvalue weighted by atomic mass is 10.1. The highest BCUT2D eigenvalue weighted by molar-refractivity contribution is 7.09. The molecule has 3 nitrogen and oxygen atoms in total. The van der Waals surface area contributed by atoms with E-state index in [1.54, 1.807) is 11.3 Å². The second-order valence-corrected chi connectivity index (χ2v) is 5.36. The second kappa shape index (κ2) is 5.96. The van der Waals surface area contributed by atoms with Crippen LogP contribution < -0.4 is 0 Å². The molecule has 0 radical (unpaired) electrons. The number of rotatable bonds is 6. The lowest BCUT2D eigenvalue weighted by Gasteiger charge is -2.01. The molecule has 0 N–H and O–H groups in total. The minimum Gasteiger partial charge on any atom is -0.353 e. The fraction of sp³-hybridized carbons (Fsp3) is 0.429. The number of thiazole rings is 1. The Hall–Kier alpha value is -1.42. The van der Waals surface area contributed by atoms with Crippen LogP contribution in [0.4, 0.5) is 0 Å². The van der Waals surface area contributed by atoms with Gasteiger partial charge in [-0.2, -0.15) is 0 Å². The van der Waals surface area contributed by atoms with Gasteiger partial charge in [-0.25, -0.2) is 4.98 Å². The number of Topliss-reactive ketones (excluding diaryl/α,β-unsaturated/α-hetero) is 1. The predicted molar refractivity (Wildman–Crippen MR) is 74.2 cm³/mol. The summed E-state index contributed by atoms with van der Waals surface area (Å²) in [5.41, 5.74) is 3.84. The van der Waals surface area contributed by atoms with E-state index in [0.717, 1.165) is 30.6 Å². The Balaban J connectivity index is 1.95. The van der Waals surface area contributed by atoms with Crippen LogP contribution >= 0.6 is 11.3 Å². The molecule has 0 aliphatic carbocycles. The van der Waals surface area contributed by atoms with E-state index in [0.29, 0.717) is 6.42 Å². The van der Waals surface area contributed by atoms with Gasteiger partial charge in [0.05, 0.1) is 11.2 Å². The lowest BCUT2D eigenvalue weighted by Crippen LogP contribution is -2.00. The molecule has 0 amide bonds. The summed E-state index contributed by atoms with van der Waals surface area (Å²) in [4.78, 5) is 17.3. The molecule has 0 aliphatic rings. The summed E-state index contributed by atoms with van der Waals surface area (Å²) in [7, 11) is 0. The third-order valence-corrected chi connectivity index (χ3v) is 3.99. The molecule has 0 aromatic carbocycles. The Bertz CT molecular complexity index is 527. The highest BCUT2D eigenvalue weighted by atomic mass is 32.1. The van der Waals surface area contributed by atoms with Crippen LogP contribution in [0.15, 0.2) is 24.0 Å². The van der Waals surface area contributed by atoms with Crippen molar-refractivity contribution < 1.29 is 4.79 Å². The molecule has 0 atom stereocenters. The summed E-state index contributed by atoms with van der Waals surface area (Å²) in [6, 6.07) is 1.91. The summed E-state index contributed by atoms with van der Waals surface area (Å²) in [6.07, 6.45) is 6.46. The zero-order chi connectivity index (χ0) is 13.0. The van der Waals surface area contributed by atoms with Gasteiger partial charge >= 0.3 is 0 Å². The fourth-order valence-corrected chi connectivity index (χ4v) is 2.68. The number of aromatic nitrogens is 2. The Kier molecular flexibility index (Phi) is 4.31. The largest absolute Gasteiger partial charge is 0.353 e. The van der Waals surface area contributed by atoms with Crippen LogP contribution in [-0.2, 0) is 13.0 Å². The predicted octanol–water partition coefficient (Wildman–Crippen LogP) is 3.48. The zero-order valence-electron chi connectivity index (χ0n) is 10.8. The summed E-state index contributed by atoms with van der Waals surface area (Å²) in [6.45, 7) is 4.97. The Labute approximate surface area is 111 Å². The van der Waals surface area contributed by atoms with E-state index in [9.17, 15) is 4.79 Å². The first kappa shape index (κ1) is 13.0. The first-order chi connectivity index (χ1) is 8.70. The second-order valence-electron chi connectivity index (χ2n) is 4.42. The molecule has 2 aromatic heterocycles. The minimum absolute atomic E-state index is 0.241. The van der Waals surface area contributed by atoms with E-state index >= 15 is 0 Å². The number of aryl methyl sites for hydroxylation is 3. The number of hydrogen-bond donors (Lipinski definition) is 0. The standard InChI is InChI=1S/C14H18N2OS/c1-3-4-13(17)12-5-7-16(9-12)8-6-14-11(2)15-10-18-14/h5,7,9-10H,3-4,6,8H2,1-2H3. The summed E-state index contributed by atoms with van der Waals surface area (Å²) in [5, 5.41) is 0. The van der Waals surface area contributed by atoms with Crippen LogP contribution in [0.1, 0.15) is 40.7 Å². The monoisotopic (exact) mass is 262 g/mol. The Morgan fingerprint density at radius 2 is 2.33 bits per heavy atom. The SMILES string of the molecule is CCCC(=O)c1ccn(CCc2scnc2C)c1. The van der Waals surface area contributed by atoms with E-state index in [1.807, 2.05) is 37.8 Å². The molecule has 0 saturated heterocycles. The third-order valence-electron chi connectivity index (χ3n) is 2.99. The van der Waals surface area contributed by atoms with Gasteiger partial charge in [0.15, 0.2) is 5.78 Å². The van der Waals surface area contributed by atoms with Crippen LogP contribution in [0.2, 0.25) is 0 Å². The van der Waals surface area contributed by atoms with Gasteiger partial charge in [-0.15, -0.1) is 11.3 Å². The minimum atomic E-state index is 0.241. The normalized spacial score (nSPS) is 10.8. The number of nitrogens with zero attached hydrogens (tertiary/aromatic N) is 2. The van der Waals surface area contributed by atoms with Gasteiger partial charge in [0.25, 0.3) is 0 Å². The van der Waals surface area contributed by atoms with Crippen molar-refractivity contribution in [2.45, 2.75) is 39.7 Å². The third kappa shape index (κ3) is 3.07. The van der Waals surface area contributed by atoms with Gasteiger partial charge in [-0.3, -0.25) is 4.79 Å². The quantitative estimate of drug-likeness (QED) is 0.747. The molecule has 0 saturated carbocycles. The van der Waals surface area contributed by atoms with Gasteiger partial charge in [0.2, 0.25) is 0 Å². The van der Waals surface area contributed by atoms with Gasteiger partial charge in [-0.1, -0.05) is 6.92 Å². The molecule has 0 fully saturated rings. The van der Waals surface area contributed by atoms with Crippen LogP contribution in [0.5, 0.6) is 0 Å². The van der Waals surface area contributed by atoms with Crippen molar-refractivity contribution in [3.05, 3.63) is 40.1 Å². The molecule has 0 unspecified atom stereocenters. The Morgan fingerprint density at radius 3 is 3.00 bits per heavy atom. The molecule has 4 heteroatoms. The molecule has 0 bridgehead atoms. The summed E-state index contributed by atoms with van der Waals surface area (Å²) >= 11 is 1.70.